The lowest BCUT2D eigenvalue weighted by molar-refractivity contribution is -0.0770. The molecule has 1 aliphatic carbocycles. The first-order valence-electron chi connectivity index (χ1n) is 9.99. The third-order valence-electron chi connectivity index (χ3n) is 5.64. The van der Waals surface area contributed by atoms with Gasteiger partial charge in [0.15, 0.2) is 0 Å². The van der Waals surface area contributed by atoms with Crippen LogP contribution in [0.4, 0.5) is 0 Å². The molecule has 160 valence electrons. The topological polar surface area (TPSA) is 74.2 Å². The molecule has 2 aromatic rings. The molecule has 4 rings (SSSR count). The van der Waals surface area contributed by atoms with Gasteiger partial charge in [0.25, 0.3) is 10.1 Å². The Bertz CT molecular complexity index is 1010. The molecule has 1 unspecified atom stereocenters. The molecule has 0 saturated heterocycles. The molecular weight excluding hydrogens is 426 g/mol. The number of ether oxygens (including phenoxy) is 1. The van der Waals surface area contributed by atoms with E-state index in [-0.39, 0.29) is 12.5 Å². The third kappa shape index (κ3) is 4.79. The van der Waals surface area contributed by atoms with Gasteiger partial charge in [0.1, 0.15) is 17.1 Å². The molecule has 1 saturated carbocycles. The number of hydrogen-bond acceptors (Lipinski definition) is 6. The van der Waals surface area contributed by atoms with E-state index in [1.165, 1.54) is 0 Å². The fourth-order valence-corrected chi connectivity index (χ4v) is 4.62. The zero-order valence-corrected chi connectivity index (χ0v) is 18.3. The smallest absolute Gasteiger partial charge is 0.264 e. The van der Waals surface area contributed by atoms with E-state index >= 15 is 0 Å². The summed E-state index contributed by atoms with van der Waals surface area (Å²) in [7, 11) is -3.56. The van der Waals surface area contributed by atoms with Gasteiger partial charge < -0.3 is 9.57 Å². The average Bonchev–Trinajstić information content (AvgIpc) is 3.06. The SMILES string of the molecule is CS(=O)(=O)OCC1C(c2ccc(Oc3ccc(Cl)cc3)cc2)=NOC12CCCCC2. The minimum atomic E-state index is -3.56. The summed E-state index contributed by atoms with van der Waals surface area (Å²) in [5.74, 6) is 1.13. The first kappa shape index (κ1) is 21.2. The summed E-state index contributed by atoms with van der Waals surface area (Å²) in [6.07, 6.45) is 5.97. The molecule has 1 atom stereocenters. The van der Waals surface area contributed by atoms with Crippen LogP contribution in [-0.2, 0) is 19.1 Å². The highest BCUT2D eigenvalue weighted by Crippen LogP contribution is 2.44. The lowest BCUT2D eigenvalue weighted by Crippen LogP contribution is -2.43. The standard InChI is InChI=1S/C22H24ClNO5S/c1-30(25,26)27-15-20-21(24-29-22(20)13-3-2-4-14-22)16-5-9-18(10-6-16)28-19-11-7-17(23)8-12-19/h5-12,20H,2-4,13-15H2,1H3. The van der Waals surface area contributed by atoms with Gasteiger partial charge in [-0.05, 0) is 74.2 Å². The molecular formula is C22H24ClNO5S. The lowest BCUT2D eigenvalue weighted by Gasteiger charge is -2.36. The summed E-state index contributed by atoms with van der Waals surface area (Å²) in [4.78, 5) is 5.93. The molecule has 0 aromatic heterocycles. The fourth-order valence-electron chi connectivity index (χ4n) is 4.12. The zero-order valence-electron chi connectivity index (χ0n) is 16.7. The second-order valence-electron chi connectivity index (χ2n) is 7.81. The number of oxime groups is 1. The van der Waals surface area contributed by atoms with Crippen LogP contribution in [-0.4, -0.2) is 32.6 Å². The van der Waals surface area contributed by atoms with E-state index in [2.05, 4.69) is 5.16 Å². The van der Waals surface area contributed by atoms with Crippen LogP contribution in [0.25, 0.3) is 0 Å². The van der Waals surface area contributed by atoms with Crippen molar-refractivity contribution in [2.24, 2.45) is 11.1 Å². The van der Waals surface area contributed by atoms with E-state index in [0.717, 1.165) is 49.6 Å². The first-order valence-corrected chi connectivity index (χ1v) is 12.2. The van der Waals surface area contributed by atoms with E-state index < -0.39 is 15.7 Å². The molecule has 6 nitrogen and oxygen atoms in total. The minimum absolute atomic E-state index is 0.0285. The predicted octanol–water partition coefficient (Wildman–Crippen LogP) is 5.16. The molecule has 30 heavy (non-hydrogen) atoms. The van der Waals surface area contributed by atoms with Crippen LogP contribution in [0.5, 0.6) is 11.5 Å². The highest BCUT2D eigenvalue weighted by molar-refractivity contribution is 7.85. The van der Waals surface area contributed by atoms with Crippen molar-refractivity contribution < 1.29 is 22.2 Å². The molecule has 0 N–H and O–H groups in total. The molecule has 2 aliphatic rings. The van der Waals surface area contributed by atoms with Crippen LogP contribution in [0.1, 0.15) is 37.7 Å². The van der Waals surface area contributed by atoms with Crippen molar-refractivity contribution >= 4 is 27.4 Å². The largest absolute Gasteiger partial charge is 0.457 e. The molecule has 2 aromatic carbocycles. The van der Waals surface area contributed by atoms with Crippen LogP contribution >= 0.6 is 11.6 Å². The summed E-state index contributed by atoms with van der Waals surface area (Å²) in [6.45, 7) is 0.0285. The maximum atomic E-state index is 11.6. The van der Waals surface area contributed by atoms with E-state index in [9.17, 15) is 8.42 Å². The zero-order chi connectivity index (χ0) is 21.2. The molecule has 0 bridgehead atoms. The molecule has 1 heterocycles. The van der Waals surface area contributed by atoms with Crippen molar-refractivity contribution in [1.82, 2.24) is 0 Å². The van der Waals surface area contributed by atoms with Gasteiger partial charge in [-0.25, -0.2) is 0 Å². The number of nitrogens with zero attached hydrogens (tertiary/aromatic N) is 1. The van der Waals surface area contributed by atoms with Crippen molar-refractivity contribution in [2.45, 2.75) is 37.7 Å². The highest BCUT2D eigenvalue weighted by atomic mass is 35.5. The van der Waals surface area contributed by atoms with Gasteiger partial charge in [-0.1, -0.05) is 23.2 Å². The molecule has 1 aliphatic heterocycles. The maximum absolute atomic E-state index is 11.6. The fraction of sp³-hybridized carbons (Fsp3) is 0.409. The monoisotopic (exact) mass is 449 g/mol. The van der Waals surface area contributed by atoms with Gasteiger partial charge in [0.05, 0.1) is 24.5 Å². The normalized spacial score (nSPS) is 20.6. The van der Waals surface area contributed by atoms with E-state index in [4.69, 9.17) is 25.4 Å². The third-order valence-corrected chi connectivity index (χ3v) is 6.46. The molecule has 8 heteroatoms. The van der Waals surface area contributed by atoms with E-state index in [1.54, 1.807) is 24.3 Å². The van der Waals surface area contributed by atoms with Gasteiger partial charge >= 0.3 is 0 Å². The Morgan fingerprint density at radius 3 is 2.23 bits per heavy atom. The number of halogens is 1. The van der Waals surface area contributed by atoms with Crippen LogP contribution in [0.2, 0.25) is 5.02 Å². The Balaban J connectivity index is 1.54. The molecule has 1 spiro atoms. The lowest BCUT2D eigenvalue weighted by atomic mass is 9.73. The van der Waals surface area contributed by atoms with Gasteiger partial charge in [-0.15, -0.1) is 0 Å². The van der Waals surface area contributed by atoms with E-state index in [0.29, 0.717) is 16.5 Å². The summed E-state index contributed by atoms with van der Waals surface area (Å²) in [6, 6.07) is 14.7. The molecule has 0 amide bonds. The maximum Gasteiger partial charge on any atom is 0.264 e. The predicted molar refractivity (Wildman–Crippen MR) is 116 cm³/mol. The van der Waals surface area contributed by atoms with Crippen molar-refractivity contribution in [3.8, 4) is 11.5 Å². The Kier molecular flexibility index (Phi) is 6.04. The molecule has 1 fully saturated rings. The first-order chi connectivity index (χ1) is 14.3. The number of rotatable bonds is 6. The van der Waals surface area contributed by atoms with Crippen LogP contribution in [0.3, 0.4) is 0 Å². The summed E-state index contributed by atoms with van der Waals surface area (Å²) < 4.78 is 34.3. The number of benzene rings is 2. The Morgan fingerprint density at radius 2 is 1.63 bits per heavy atom. The average molecular weight is 450 g/mol. The summed E-state index contributed by atoms with van der Waals surface area (Å²) in [5, 5.41) is 5.02. The second-order valence-corrected chi connectivity index (χ2v) is 9.90. The van der Waals surface area contributed by atoms with Crippen LogP contribution in [0.15, 0.2) is 53.7 Å². The number of hydrogen-bond donors (Lipinski definition) is 0. The van der Waals surface area contributed by atoms with Gasteiger partial charge in [0.2, 0.25) is 0 Å². The van der Waals surface area contributed by atoms with Crippen molar-refractivity contribution in [3.63, 3.8) is 0 Å². The van der Waals surface area contributed by atoms with Crippen molar-refractivity contribution in [1.29, 1.82) is 0 Å². The van der Waals surface area contributed by atoms with Gasteiger partial charge in [0, 0.05) is 10.6 Å². The van der Waals surface area contributed by atoms with Gasteiger partial charge in [-0.2, -0.15) is 8.42 Å². The summed E-state index contributed by atoms with van der Waals surface area (Å²) in [5.41, 5.74) is 1.10. The van der Waals surface area contributed by atoms with Crippen molar-refractivity contribution in [2.75, 3.05) is 12.9 Å². The van der Waals surface area contributed by atoms with E-state index in [1.807, 2.05) is 24.3 Å². The Hall–Kier alpha value is -2.09. The minimum Gasteiger partial charge on any atom is -0.457 e. The quantitative estimate of drug-likeness (QED) is 0.569. The molecule has 0 radical (unpaired) electrons. The van der Waals surface area contributed by atoms with Gasteiger partial charge in [-0.3, -0.25) is 4.18 Å². The van der Waals surface area contributed by atoms with Crippen LogP contribution < -0.4 is 4.74 Å². The van der Waals surface area contributed by atoms with Crippen molar-refractivity contribution in [3.05, 3.63) is 59.1 Å². The Labute approximate surface area is 181 Å². The second kappa shape index (κ2) is 8.57. The van der Waals surface area contributed by atoms with Crippen LogP contribution in [0, 0.1) is 5.92 Å². The highest BCUT2D eigenvalue weighted by Gasteiger charge is 2.50. The summed E-state index contributed by atoms with van der Waals surface area (Å²) >= 11 is 5.91. The Morgan fingerprint density at radius 1 is 1.03 bits per heavy atom.